The van der Waals surface area contributed by atoms with Gasteiger partial charge in [-0.05, 0) is 18.1 Å². The van der Waals surface area contributed by atoms with Crippen molar-refractivity contribution in [3.8, 4) is 0 Å². The SMILES string of the molecule is CC(C)C(NC(=O)c1c(F)cccc1F)C(=O)NCC(=O)O. The van der Waals surface area contributed by atoms with Crippen molar-refractivity contribution in [2.45, 2.75) is 19.9 Å². The monoisotopic (exact) mass is 314 g/mol. The Kier molecular flexibility index (Phi) is 5.97. The number of benzene rings is 1. The van der Waals surface area contributed by atoms with Gasteiger partial charge in [-0.3, -0.25) is 14.4 Å². The maximum absolute atomic E-state index is 13.5. The lowest BCUT2D eigenvalue weighted by molar-refractivity contribution is -0.138. The number of carbonyl (C=O) groups excluding carboxylic acids is 2. The van der Waals surface area contributed by atoms with Crippen molar-refractivity contribution in [2.24, 2.45) is 5.92 Å². The zero-order valence-corrected chi connectivity index (χ0v) is 12.0. The number of hydrogen-bond acceptors (Lipinski definition) is 3. The number of rotatable bonds is 6. The van der Waals surface area contributed by atoms with Gasteiger partial charge < -0.3 is 15.7 Å². The van der Waals surface area contributed by atoms with Gasteiger partial charge in [0.15, 0.2) is 0 Å². The molecule has 1 rings (SSSR count). The van der Waals surface area contributed by atoms with Gasteiger partial charge in [0.1, 0.15) is 29.8 Å². The number of carboxylic acid groups (broad SMARTS) is 1. The summed E-state index contributed by atoms with van der Waals surface area (Å²) in [5.41, 5.74) is -0.792. The Morgan fingerprint density at radius 2 is 1.73 bits per heavy atom. The Morgan fingerprint density at radius 1 is 1.18 bits per heavy atom. The molecule has 0 radical (unpaired) electrons. The van der Waals surface area contributed by atoms with Crippen LogP contribution in [0.5, 0.6) is 0 Å². The van der Waals surface area contributed by atoms with E-state index in [1.54, 1.807) is 13.8 Å². The lowest BCUT2D eigenvalue weighted by Gasteiger charge is -2.21. The molecule has 120 valence electrons. The van der Waals surface area contributed by atoms with Crippen LogP contribution in [-0.4, -0.2) is 35.5 Å². The molecule has 6 nitrogen and oxygen atoms in total. The van der Waals surface area contributed by atoms with Crippen LogP contribution in [0.25, 0.3) is 0 Å². The van der Waals surface area contributed by atoms with Crippen LogP contribution < -0.4 is 10.6 Å². The van der Waals surface area contributed by atoms with E-state index >= 15 is 0 Å². The topological polar surface area (TPSA) is 95.5 Å². The third kappa shape index (κ3) is 4.51. The maximum atomic E-state index is 13.5. The standard InChI is InChI=1S/C14H16F2N2O4/c1-7(2)12(14(22)17-6-10(19)20)18-13(21)11-8(15)4-3-5-9(11)16/h3-5,7,12H,6H2,1-2H3,(H,17,22)(H,18,21)(H,19,20). The molecule has 0 heterocycles. The minimum atomic E-state index is -1.25. The number of aliphatic carboxylic acids is 1. The molecule has 0 saturated heterocycles. The second-order valence-corrected chi connectivity index (χ2v) is 4.90. The van der Waals surface area contributed by atoms with Crippen LogP contribution >= 0.6 is 0 Å². The van der Waals surface area contributed by atoms with Crippen molar-refractivity contribution in [1.82, 2.24) is 10.6 Å². The average molecular weight is 314 g/mol. The Balaban J connectivity index is 2.89. The van der Waals surface area contributed by atoms with Crippen molar-refractivity contribution in [3.05, 3.63) is 35.4 Å². The molecule has 0 aliphatic rings. The number of nitrogens with one attached hydrogen (secondary N) is 2. The number of carboxylic acids is 1. The first-order valence-electron chi connectivity index (χ1n) is 6.48. The molecule has 2 amide bonds. The molecule has 22 heavy (non-hydrogen) atoms. The third-order valence-electron chi connectivity index (χ3n) is 2.84. The van der Waals surface area contributed by atoms with Crippen molar-refractivity contribution in [2.75, 3.05) is 6.54 Å². The largest absolute Gasteiger partial charge is 0.480 e. The summed E-state index contributed by atoms with van der Waals surface area (Å²) in [6, 6.07) is 1.84. The fourth-order valence-electron chi connectivity index (χ4n) is 1.74. The molecule has 1 atom stereocenters. The minimum absolute atomic E-state index is 0.410. The molecule has 1 aromatic carbocycles. The fraction of sp³-hybridized carbons (Fsp3) is 0.357. The Hall–Kier alpha value is -2.51. The Morgan fingerprint density at radius 3 is 2.18 bits per heavy atom. The number of hydrogen-bond donors (Lipinski definition) is 3. The Labute approximate surface area is 125 Å². The smallest absolute Gasteiger partial charge is 0.322 e. The van der Waals surface area contributed by atoms with Gasteiger partial charge in [-0.2, -0.15) is 0 Å². The van der Waals surface area contributed by atoms with E-state index in [1.807, 2.05) is 0 Å². The molecular weight excluding hydrogens is 298 g/mol. The number of carbonyl (C=O) groups is 3. The van der Waals surface area contributed by atoms with Crippen LogP contribution in [-0.2, 0) is 9.59 Å². The molecular formula is C14H16F2N2O4. The first-order chi connectivity index (χ1) is 10.2. The second kappa shape index (κ2) is 7.48. The van der Waals surface area contributed by atoms with Gasteiger partial charge in [-0.25, -0.2) is 8.78 Å². The zero-order valence-electron chi connectivity index (χ0n) is 12.0. The second-order valence-electron chi connectivity index (χ2n) is 4.90. The van der Waals surface area contributed by atoms with Gasteiger partial charge in [-0.15, -0.1) is 0 Å². The molecule has 0 aliphatic heterocycles. The summed E-state index contributed by atoms with van der Waals surface area (Å²) >= 11 is 0. The van der Waals surface area contributed by atoms with E-state index in [9.17, 15) is 23.2 Å². The van der Waals surface area contributed by atoms with E-state index in [-0.39, 0.29) is 0 Å². The van der Waals surface area contributed by atoms with Crippen LogP contribution in [0.4, 0.5) is 8.78 Å². The van der Waals surface area contributed by atoms with Crippen molar-refractivity contribution in [1.29, 1.82) is 0 Å². The first-order valence-corrected chi connectivity index (χ1v) is 6.48. The molecule has 1 aromatic rings. The van der Waals surface area contributed by atoms with Gasteiger partial charge in [-0.1, -0.05) is 19.9 Å². The van der Waals surface area contributed by atoms with Crippen LogP contribution in [0.2, 0.25) is 0 Å². The van der Waals surface area contributed by atoms with E-state index in [1.165, 1.54) is 0 Å². The summed E-state index contributed by atoms with van der Waals surface area (Å²) in [7, 11) is 0. The van der Waals surface area contributed by atoms with Crippen LogP contribution in [0.1, 0.15) is 24.2 Å². The molecule has 0 spiro atoms. The van der Waals surface area contributed by atoms with E-state index in [2.05, 4.69) is 10.6 Å². The van der Waals surface area contributed by atoms with Gasteiger partial charge in [0.05, 0.1) is 0 Å². The quantitative estimate of drug-likeness (QED) is 0.727. The first kappa shape index (κ1) is 17.5. The lowest BCUT2D eigenvalue weighted by Crippen LogP contribution is -2.50. The number of halogens is 2. The van der Waals surface area contributed by atoms with Gasteiger partial charge >= 0.3 is 5.97 Å². The summed E-state index contributed by atoms with van der Waals surface area (Å²) in [6.45, 7) is 2.58. The number of amides is 2. The van der Waals surface area contributed by atoms with Crippen LogP contribution in [0.3, 0.4) is 0 Å². The van der Waals surface area contributed by atoms with Crippen molar-refractivity contribution < 1.29 is 28.3 Å². The van der Waals surface area contributed by atoms with Gasteiger partial charge in [0.2, 0.25) is 5.91 Å². The lowest BCUT2D eigenvalue weighted by atomic mass is 10.0. The fourth-order valence-corrected chi connectivity index (χ4v) is 1.74. The third-order valence-corrected chi connectivity index (χ3v) is 2.84. The normalized spacial score (nSPS) is 11.9. The van der Waals surface area contributed by atoms with Crippen LogP contribution in [0.15, 0.2) is 18.2 Å². The summed E-state index contributed by atoms with van der Waals surface area (Å²) in [4.78, 5) is 34.2. The minimum Gasteiger partial charge on any atom is -0.480 e. The predicted molar refractivity (Wildman–Crippen MR) is 73.1 cm³/mol. The molecule has 0 bridgehead atoms. The molecule has 0 aromatic heterocycles. The summed E-state index contributed by atoms with van der Waals surface area (Å²) < 4.78 is 27.1. The Bertz CT molecular complexity index is 570. The summed E-state index contributed by atoms with van der Waals surface area (Å²) in [5, 5.41) is 12.8. The predicted octanol–water partition coefficient (Wildman–Crippen LogP) is 0.920. The molecule has 0 fully saturated rings. The molecule has 1 unspecified atom stereocenters. The van der Waals surface area contributed by atoms with Crippen molar-refractivity contribution >= 4 is 17.8 Å². The highest BCUT2D eigenvalue weighted by Gasteiger charge is 2.27. The highest BCUT2D eigenvalue weighted by molar-refractivity contribution is 5.98. The summed E-state index contributed by atoms with van der Waals surface area (Å²) in [5.74, 6) is -5.59. The highest BCUT2D eigenvalue weighted by Crippen LogP contribution is 2.13. The summed E-state index contributed by atoms with van der Waals surface area (Å²) in [6.07, 6.45) is 0. The maximum Gasteiger partial charge on any atom is 0.322 e. The molecule has 8 heteroatoms. The van der Waals surface area contributed by atoms with Crippen molar-refractivity contribution in [3.63, 3.8) is 0 Å². The molecule has 0 saturated carbocycles. The van der Waals surface area contributed by atoms with Gasteiger partial charge in [0.25, 0.3) is 5.91 Å². The van der Waals surface area contributed by atoms with E-state index in [0.717, 1.165) is 18.2 Å². The average Bonchev–Trinajstić information content (AvgIpc) is 2.41. The molecule has 3 N–H and O–H groups in total. The van der Waals surface area contributed by atoms with E-state index in [0.29, 0.717) is 0 Å². The van der Waals surface area contributed by atoms with Gasteiger partial charge in [0, 0.05) is 0 Å². The highest BCUT2D eigenvalue weighted by atomic mass is 19.1. The zero-order chi connectivity index (χ0) is 16.9. The van der Waals surface area contributed by atoms with E-state index in [4.69, 9.17) is 5.11 Å². The molecule has 0 aliphatic carbocycles. The van der Waals surface area contributed by atoms with Crippen LogP contribution in [0, 0.1) is 17.6 Å². The van der Waals surface area contributed by atoms with E-state index < -0.39 is 53.5 Å².